The molecule has 0 bridgehead atoms. The van der Waals surface area contributed by atoms with Crippen molar-refractivity contribution < 1.29 is 24.3 Å². The van der Waals surface area contributed by atoms with Gasteiger partial charge >= 0.3 is 5.97 Å². The van der Waals surface area contributed by atoms with E-state index >= 15 is 0 Å². The number of carboxylic acid groups (broad SMARTS) is 1. The highest BCUT2D eigenvalue weighted by atomic mass is 32.2. The zero-order valence-corrected chi connectivity index (χ0v) is 20.2. The van der Waals surface area contributed by atoms with Gasteiger partial charge < -0.3 is 15.0 Å². The molecule has 3 aromatic rings. The lowest BCUT2D eigenvalue weighted by Gasteiger charge is -2.13. The Morgan fingerprint density at radius 2 is 1.71 bits per heavy atom. The molecule has 35 heavy (non-hydrogen) atoms. The van der Waals surface area contributed by atoms with E-state index in [1.807, 2.05) is 39.0 Å². The van der Waals surface area contributed by atoms with Crippen molar-refractivity contribution in [1.82, 2.24) is 9.47 Å². The lowest BCUT2D eigenvalue weighted by atomic mass is 10.1. The molecule has 1 fully saturated rings. The average molecular weight is 490 g/mol. The van der Waals surface area contributed by atoms with Crippen LogP contribution >= 0.6 is 11.8 Å². The van der Waals surface area contributed by atoms with Crippen LogP contribution in [0.2, 0.25) is 0 Å². The third-order valence-corrected chi connectivity index (χ3v) is 6.55. The normalized spacial score (nSPS) is 14.6. The van der Waals surface area contributed by atoms with Crippen LogP contribution in [-0.2, 0) is 9.59 Å². The largest absolute Gasteiger partial charge is 0.478 e. The predicted molar refractivity (Wildman–Crippen MR) is 135 cm³/mol. The zero-order valence-electron chi connectivity index (χ0n) is 19.4. The molecule has 0 atom stereocenters. The van der Waals surface area contributed by atoms with Gasteiger partial charge in [0.2, 0.25) is 5.91 Å². The van der Waals surface area contributed by atoms with Gasteiger partial charge in [-0.2, -0.15) is 0 Å². The van der Waals surface area contributed by atoms with Crippen molar-refractivity contribution in [2.24, 2.45) is 0 Å². The van der Waals surface area contributed by atoms with Crippen molar-refractivity contribution in [3.05, 3.63) is 87.6 Å². The molecule has 1 aliphatic heterocycles. The first kappa shape index (κ1) is 24.0. The fourth-order valence-electron chi connectivity index (χ4n) is 3.91. The number of amides is 3. The molecule has 4 rings (SSSR count). The van der Waals surface area contributed by atoms with Crippen LogP contribution in [0.4, 0.5) is 10.5 Å². The van der Waals surface area contributed by atoms with Gasteiger partial charge in [0.15, 0.2) is 0 Å². The van der Waals surface area contributed by atoms with E-state index in [0.29, 0.717) is 16.9 Å². The van der Waals surface area contributed by atoms with Crippen LogP contribution in [0, 0.1) is 20.8 Å². The number of carboxylic acids is 1. The van der Waals surface area contributed by atoms with Crippen LogP contribution in [-0.4, -0.2) is 44.1 Å². The van der Waals surface area contributed by atoms with Crippen LogP contribution in [0.25, 0.3) is 11.8 Å². The number of aromatic nitrogens is 1. The molecule has 0 spiro atoms. The second-order valence-electron chi connectivity index (χ2n) is 8.17. The summed E-state index contributed by atoms with van der Waals surface area (Å²) in [7, 11) is 0. The summed E-state index contributed by atoms with van der Waals surface area (Å²) in [4.78, 5) is 50.6. The first-order valence-electron chi connectivity index (χ1n) is 10.8. The molecule has 2 heterocycles. The van der Waals surface area contributed by atoms with E-state index < -0.39 is 23.0 Å². The Balaban J connectivity index is 1.56. The van der Waals surface area contributed by atoms with E-state index in [4.69, 9.17) is 0 Å². The van der Waals surface area contributed by atoms with Crippen molar-refractivity contribution in [3.63, 3.8) is 0 Å². The van der Waals surface area contributed by atoms with E-state index in [1.165, 1.54) is 6.07 Å². The Bertz CT molecular complexity index is 1390. The van der Waals surface area contributed by atoms with E-state index in [-0.39, 0.29) is 17.0 Å². The summed E-state index contributed by atoms with van der Waals surface area (Å²) in [5.41, 5.74) is 4.47. The molecule has 1 saturated heterocycles. The number of aromatic carboxylic acids is 1. The molecular formula is C26H23N3O5S. The molecule has 0 saturated carbocycles. The van der Waals surface area contributed by atoms with Crippen LogP contribution in [0.3, 0.4) is 0 Å². The number of carbonyl (C=O) groups excluding carboxylic acids is 3. The molecule has 178 valence electrons. The van der Waals surface area contributed by atoms with Gasteiger partial charge in [-0.05, 0) is 74.5 Å². The number of hydrogen-bond donors (Lipinski definition) is 2. The second kappa shape index (κ2) is 9.63. The molecule has 1 aromatic heterocycles. The van der Waals surface area contributed by atoms with E-state index in [1.54, 1.807) is 41.0 Å². The smallest absolute Gasteiger partial charge is 0.337 e. The van der Waals surface area contributed by atoms with Crippen molar-refractivity contribution in [2.45, 2.75) is 20.8 Å². The van der Waals surface area contributed by atoms with Gasteiger partial charge in [-0.3, -0.25) is 19.3 Å². The average Bonchev–Trinajstić information content (AvgIpc) is 3.24. The monoisotopic (exact) mass is 489 g/mol. The maximum absolute atomic E-state index is 12.9. The third kappa shape index (κ3) is 4.90. The van der Waals surface area contributed by atoms with Gasteiger partial charge in [-0.15, -0.1) is 0 Å². The highest BCUT2D eigenvalue weighted by Crippen LogP contribution is 2.34. The van der Waals surface area contributed by atoms with Crippen molar-refractivity contribution >= 4 is 46.5 Å². The summed E-state index contributed by atoms with van der Waals surface area (Å²) in [6, 6.07) is 15.7. The molecule has 1 aliphatic rings. The van der Waals surface area contributed by atoms with Crippen LogP contribution < -0.4 is 5.32 Å². The standard InChI is InChI=1S/C26H23N3O5S/c1-15-8-10-19(11-9-15)27-23(30)14-28-24(31)22(35-26(28)34)13-18-12-16(2)29(17(18)3)21-7-5-4-6-20(21)25(32)33/h4-13H,14H2,1-3H3,(H,27,30)(H,32,33)/b22-13-. The lowest BCUT2D eigenvalue weighted by molar-refractivity contribution is -0.127. The Kier molecular flexibility index (Phi) is 6.61. The molecule has 0 unspecified atom stereocenters. The zero-order chi connectivity index (χ0) is 25.3. The Morgan fingerprint density at radius 3 is 2.40 bits per heavy atom. The highest BCUT2D eigenvalue weighted by molar-refractivity contribution is 8.18. The number of imide groups is 1. The highest BCUT2D eigenvalue weighted by Gasteiger charge is 2.36. The molecular weight excluding hydrogens is 466 g/mol. The summed E-state index contributed by atoms with van der Waals surface area (Å²) in [5.74, 6) is -2.06. The number of hydrogen-bond acceptors (Lipinski definition) is 5. The minimum Gasteiger partial charge on any atom is -0.478 e. The summed E-state index contributed by atoms with van der Waals surface area (Å²) in [6.45, 7) is 5.20. The summed E-state index contributed by atoms with van der Waals surface area (Å²) < 4.78 is 1.80. The van der Waals surface area contributed by atoms with Crippen LogP contribution in [0.5, 0.6) is 0 Å². The maximum atomic E-state index is 12.9. The topological polar surface area (TPSA) is 109 Å². The minimum absolute atomic E-state index is 0.153. The quantitative estimate of drug-likeness (QED) is 0.483. The lowest BCUT2D eigenvalue weighted by Crippen LogP contribution is -2.36. The third-order valence-electron chi connectivity index (χ3n) is 5.64. The fraction of sp³-hybridized carbons (Fsp3) is 0.154. The van der Waals surface area contributed by atoms with Crippen molar-refractivity contribution in [2.75, 3.05) is 11.9 Å². The second-order valence-corrected chi connectivity index (χ2v) is 9.16. The molecule has 2 aromatic carbocycles. The number of nitrogens with one attached hydrogen (secondary N) is 1. The first-order valence-corrected chi connectivity index (χ1v) is 11.6. The Hall–Kier alpha value is -4.11. The van der Waals surface area contributed by atoms with Gasteiger partial charge in [-0.25, -0.2) is 4.79 Å². The number of nitrogens with zero attached hydrogens (tertiary/aromatic N) is 2. The SMILES string of the molecule is Cc1ccc(NC(=O)CN2C(=O)S/C(=C\c3cc(C)n(-c4ccccc4C(=O)O)c3C)C2=O)cc1. The summed E-state index contributed by atoms with van der Waals surface area (Å²) >= 11 is 0.770. The van der Waals surface area contributed by atoms with Crippen molar-refractivity contribution in [1.29, 1.82) is 0 Å². The molecule has 0 radical (unpaired) electrons. The van der Waals surface area contributed by atoms with E-state index in [0.717, 1.165) is 33.6 Å². The van der Waals surface area contributed by atoms with Crippen molar-refractivity contribution in [3.8, 4) is 5.69 Å². The van der Waals surface area contributed by atoms with Gasteiger partial charge in [0, 0.05) is 17.1 Å². The minimum atomic E-state index is -1.04. The molecule has 3 amide bonds. The molecule has 9 heteroatoms. The number of aryl methyl sites for hydroxylation is 2. The van der Waals surface area contributed by atoms with Crippen LogP contribution in [0.1, 0.15) is 32.9 Å². The Morgan fingerprint density at radius 1 is 1.03 bits per heavy atom. The van der Waals surface area contributed by atoms with E-state index in [2.05, 4.69) is 5.32 Å². The predicted octanol–water partition coefficient (Wildman–Crippen LogP) is 4.78. The maximum Gasteiger partial charge on any atom is 0.337 e. The number of benzene rings is 2. The number of carbonyl (C=O) groups is 4. The molecule has 0 aliphatic carbocycles. The van der Waals surface area contributed by atoms with E-state index in [9.17, 15) is 24.3 Å². The Labute approximate surface area is 206 Å². The number of anilines is 1. The molecule has 8 nitrogen and oxygen atoms in total. The van der Waals surface area contributed by atoms with Gasteiger partial charge in [-0.1, -0.05) is 29.8 Å². The number of para-hydroxylation sites is 1. The molecule has 2 N–H and O–H groups in total. The fourth-order valence-corrected chi connectivity index (χ4v) is 4.74. The number of thioether (sulfide) groups is 1. The van der Waals surface area contributed by atoms with Gasteiger partial charge in [0.1, 0.15) is 6.54 Å². The van der Waals surface area contributed by atoms with Crippen LogP contribution in [0.15, 0.2) is 59.5 Å². The van der Waals surface area contributed by atoms with Gasteiger partial charge in [0.25, 0.3) is 11.1 Å². The number of rotatable bonds is 6. The summed E-state index contributed by atoms with van der Waals surface area (Å²) in [6.07, 6.45) is 1.60. The van der Waals surface area contributed by atoms with Gasteiger partial charge in [0.05, 0.1) is 16.2 Å². The first-order chi connectivity index (χ1) is 16.7. The summed E-state index contributed by atoms with van der Waals surface area (Å²) in [5, 5.41) is 11.7.